The van der Waals surface area contributed by atoms with Gasteiger partial charge in [0.15, 0.2) is 5.82 Å². The number of piperazine rings is 1. The molecule has 2 aromatic rings. The van der Waals surface area contributed by atoms with E-state index in [2.05, 4.69) is 10.00 Å². The summed E-state index contributed by atoms with van der Waals surface area (Å²) in [6.07, 6.45) is 0.761. The van der Waals surface area contributed by atoms with Crippen LogP contribution >= 0.6 is 0 Å². The summed E-state index contributed by atoms with van der Waals surface area (Å²) in [5.41, 5.74) is 7.78. The molecule has 1 fully saturated rings. The molecule has 24 heavy (non-hydrogen) atoms. The minimum Gasteiger partial charge on any atom is -0.497 e. The van der Waals surface area contributed by atoms with Gasteiger partial charge in [0.25, 0.3) is 0 Å². The van der Waals surface area contributed by atoms with Crippen molar-refractivity contribution in [1.29, 1.82) is 0 Å². The van der Waals surface area contributed by atoms with Gasteiger partial charge in [-0.05, 0) is 17.7 Å². The van der Waals surface area contributed by atoms with Crippen LogP contribution in [0, 0.1) is 0 Å². The van der Waals surface area contributed by atoms with Gasteiger partial charge in [0.1, 0.15) is 5.75 Å². The molecule has 8 heteroatoms. The van der Waals surface area contributed by atoms with Crippen LogP contribution in [0.4, 0.5) is 16.3 Å². The predicted molar refractivity (Wildman–Crippen MR) is 90.5 cm³/mol. The van der Waals surface area contributed by atoms with Crippen LogP contribution in [-0.4, -0.2) is 59.2 Å². The highest BCUT2D eigenvalue weighted by Gasteiger charge is 2.24. The minimum absolute atomic E-state index is 0.461. The number of carboxylic acid groups (broad SMARTS) is 1. The Balaban J connectivity index is 1.75. The van der Waals surface area contributed by atoms with E-state index in [1.807, 2.05) is 28.9 Å². The number of methoxy groups -OCH3 is 1. The smallest absolute Gasteiger partial charge is 0.407 e. The molecule has 3 N–H and O–H groups in total. The van der Waals surface area contributed by atoms with Gasteiger partial charge in [-0.3, -0.25) is 0 Å². The SMILES string of the molecule is COc1ccc(Cn2ncc(N)c2N2CCN(C(=O)O)CC2)cc1. The number of amides is 1. The van der Waals surface area contributed by atoms with Crippen LogP contribution in [0.1, 0.15) is 5.56 Å². The fourth-order valence-corrected chi connectivity index (χ4v) is 2.87. The number of aromatic nitrogens is 2. The first-order chi connectivity index (χ1) is 11.6. The third-order valence-electron chi connectivity index (χ3n) is 4.18. The first kappa shape index (κ1) is 16.0. The normalized spacial score (nSPS) is 14.7. The summed E-state index contributed by atoms with van der Waals surface area (Å²) >= 11 is 0. The van der Waals surface area contributed by atoms with Crippen molar-refractivity contribution in [2.75, 3.05) is 43.9 Å². The number of ether oxygens (including phenoxy) is 1. The second-order valence-electron chi connectivity index (χ2n) is 5.69. The van der Waals surface area contributed by atoms with Gasteiger partial charge in [-0.25, -0.2) is 9.48 Å². The quantitative estimate of drug-likeness (QED) is 0.877. The van der Waals surface area contributed by atoms with Gasteiger partial charge in [-0.1, -0.05) is 12.1 Å². The summed E-state index contributed by atoms with van der Waals surface area (Å²) in [5, 5.41) is 13.4. The average Bonchev–Trinajstić information content (AvgIpc) is 2.96. The molecule has 2 heterocycles. The largest absolute Gasteiger partial charge is 0.497 e. The lowest BCUT2D eigenvalue weighted by Gasteiger charge is -2.34. The summed E-state index contributed by atoms with van der Waals surface area (Å²) in [5.74, 6) is 1.65. The van der Waals surface area contributed by atoms with E-state index in [0.717, 1.165) is 17.1 Å². The van der Waals surface area contributed by atoms with Crippen molar-refractivity contribution >= 4 is 17.6 Å². The average molecular weight is 331 g/mol. The number of nitrogen functional groups attached to an aromatic ring is 1. The van der Waals surface area contributed by atoms with Gasteiger partial charge < -0.3 is 25.4 Å². The third-order valence-corrected chi connectivity index (χ3v) is 4.18. The Bertz CT molecular complexity index is 705. The van der Waals surface area contributed by atoms with Crippen LogP contribution in [0.25, 0.3) is 0 Å². The molecule has 0 radical (unpaired) electrons. The lowest BCUT2D eigenvalue weighted by Crippen LogP contribution is -2.49. The van der Waals surface area contributed by atoms with E-state index in [-0.39, 0.29) is 0 Å². The Morgan fingerprint density at radius 1 is 1.25 bits per heavy atom. The van der Waals surface area contributed by atoms with Crippen molar-refractivity contribution in [2.45, 2.75) is 6.54 Å². The number of hydrogen-bond donors (Lipinski definition) is 2. The first-order valence-electron chi connectivity index (χ1n) is 7.75. The molecule has 1 aromatic carbocycles. The molecular formula is C16H21N5O3. The van der Waals surface area contributed by atoms with E-state index in [9.17, 15) is 4.79 Å². The van der Waals surface area contributed by atoms with Crippen LogP contribution in [0.3, 0.4) is 0 Å². The second kappa shape index (κ2) is 6.69. The second-order valence-corrected chi connectivity index (χ2v) is 5.69. The van der Waals surface area contributed by atoms with Crippen LogP contribution in [0.2, 0.25) is 0 Å². The van der Waals surface area contributed by atoms with Gasteiger partial charge in [-0.15, -0.1) is 0 Å². The fourth-order valence-electron chi connectivity index (χ4n) is 2.87. The Morgan fingerprint density at radius 3 is 2.50 bits per heavy atom. The van der Waals surface area contributed by atoms with Crippen LogP contribution in [-0.2, 0) is 6.54 Å². The molecule has 128 valence electrons. The Hall–Kier alpha value is -2.90. The first-order valence-corrected chi connectivity index (χ1v) is 7.75. The molecule has 3 rings (SSSR count). The molecule has 0 unspecified atom stereocenters. The molecule has 0 atom stereocenters. The molecule has 1 aliphatic rings. The van der Waals surface area contributed by atoms with Gasteiger partial charge in [0.2, 0.25) is 0 Å². The minimum atomic E-state index is -0.880. The molecular weight excluding hydrogens is 310 g/mol. The Labute approximate surface area is 140 Å². The Morgan fingerprint density at radius 2 is 1.92 bits per heavy atom. The van der Waals surface area contributed by atoms with E-state index in [0.29, 0.717) is 38.4 Å². The number of nitrogens with two attached hydrogens (primary N) is 1. The van der Waals surface area contributed by atoms with Crippen molar-refractivity contribution in [3.05, 3.63) is 36.0 Å². The standard InChI is InChI=1S/C16H21N5O3/c1-24-13-4-2-12(3-5-13)11-21-15(14(17)10-18-21)19-6-8-20(9-7-19)16(22)23/h2-5,10H,6-9,11,17H2,1H3,(H,22,23). The van der Waals surface area contributed by atoms with Crippen LogP contribution in [0.5, 0.6) is 5.75 Å². The molecule has 8 nitrogen and oxygen atoms in total. The van der Waals surface area contributed by atoms with Gasteiger partial charge in [-0.2, -0.15) is 5.10 Å². The molecule has 1 aromatic heterocycles. The number of nitrogens with zero attached hydrogens (tertiary/aromatic N) is 4. The molecule has 1 amide bonds. The number of hydrogen-bond acceptors (Lipinski definition) is 5. The molecule has 0 bridgehead atoms. The Kier molecular flexibility index (Phi) is 4.45. The highest BCUT2D eigenvalue weighted by molar-refractivity contribution is 5.67. The van der Waals surface area contributed by atoms with E-state index in [1.165, 1.54) is 4.90 Å². The van der Waals surface area contributed by atoms with Crippen molar-refractivity contribution in [2.24, 2.45) is 0 Å². The summed E-state index contributed by atoms with van der Waals surface area (Å²) in [4.78, 5) is 14.5. The van der Waals surface area contributed by atoms with Crippen molar-refractivity contribution in [3.63, 3.8) is 0 Å². The summed E-state index contributed by atoms with van der Waals surface area (Å²) in [6, 6.07) is 7.80. The van der Waals surface area contributed by atoms with Crippen LogP contribution < -0.4 is 15.4 Å². The fraction of sp³-hybridized carbons (Fsp3) is 0.375. The highest BCUT2D eigenvalue weighted by Crippen LogP contribution is 2.25. The van der Waals surface area contributed by atoms with Crippen LogP contribution in [0.15, 0.2) is 30.5 Å². The van der Waals surface area contributed by atoms with E-state index < -0.39 is 6.09 Å². The van der Waals surface area contributed by atoms with Gasteiger partial charge in [0, 0.05) is 26.2 Å². The maximum absolute atomic E-state index is 11.0. The number of carbonyl (C=O) groups is 1. The summed E-state index contributed by atoms with van der Waals surface area (Å²) in [7, 11) is 1.64. The maximum atomic E-state index is 11.0. The highest BCUT2D eigenvalue weighted by atomic mass is 16.5. The van der Waals surface area contributed by atoms with Crippen molar-refractivity contribution in [1.82, 2.24) is 14.7 Å². The molecule has 0 saturated carbocycles. The zero-order valence-electron chi connectivity index (χ0n) is 13.6. The molecule has 0 spiro atoms. The lowest BCUT2D eigenvalue weighted by atomic mass is 10.2. The van der Waals surface area contributed by atoms with Gasteiger partial charge in [0.05, 0.1) is 25.5 Å². The summed E-state index contributed by atoms with van der Waals surface area (Å²) in [6.45, 7) is 2.72. The van der Waals surface area contributed by atoms with Crippen molar-refractivity contribution in [3.8, 4) is 5.75 Å². The van der Waals surface area contributed by atoms with E-state index >= 15 is 0 Å². The van der Waals surface area contributed by atoms with E-state index in [4.69, 9.17) is 15.6 Å². The maximum Gasteiger partial charge on any atom is 0.407 e. The number of rotatable bonds is 4. The molecule has 1 aliphatic heterocycles. The number of anilines is 2. The molecule has 1 saturated heterocycles. The number of benzene rings is 1. The summed E-state index contributed by atoms with van der Waals surface area (Å²) < 4.78 is 7.02. The van der Waals surface area contributed by atoms with E-state index in [1.54, 1.807) is 13.3 Å². The monoisotopic (exact) mass is 331 g/mol. The van der Waals surface area contributed by atoms with Gasteiger partial charge >= 0.3 is 6.09 Å². The topological polar surface area (TPSA) is 96.9 Å². The zero-order chi connectivity index (χ0) is 17.1. The lowest BCUT2D eigenvalue weighted by molar-refractivity contribution is 0.142. The van der Waals surface area contributed by atoms with Crippen molar-refractivity contribution < 1.29 is 14.6 Å². The third kappa shape index (κ3) is 3.22. The zero-order valence-corrected chi connectivity index (χ0v) is 13.6. The predicted octanol–water partition coefficient (Wildman–Crippen LogP) is 1.32. The molecule has 0 aliphatic carbocycles.